The van der Waals surface area contributed by atoms with Gasteiger partial charge in [0.05, 0.1) is 23.4 Å². The molecule has 0 radical (unpaired) electrons. The number of fused-ring (bicyclic) bond motifs is 1. The van der Waals surface area contributed by atoms with Gasteiger partial charge in [-0.1, -0.05) is 0 Å². The summed E-state index contributed by atoms with van der Waals surface area (Å²) in [6.45, 7) is 0. The van der Waals surface area contributed by atoms with E-state index in [2.05, 4.69) is 25.4 Å². The van der Waals surface area contributed by atoms with Crippen LogP contribution in [0, 0.1) is 0 Å². The van der Waals surface area contributed by atoms with Crippen molar-refractivity contribution in [3.63, 3.8) is 0 Å². The van der Waals surface area contributed by atoms with Crippen molar-refractivity contribution in [2.75, 3.05) is 0 Å². The van der Waals surface area contributed by atoms with Crippen molar-refractivity contribution in [1.82, 2.24) is 30.0 Å². The van der Waals surface area contributed by atoms with Crippen molar-refractivity contribution in [1.29, 1.82) is 0 Å². The van der Waals surface area contributed by atoms with Crippen LogP contribution in [0.3, 0.4) is 0 Å². The highest BCUT2D eigenvalue weighted by Crippen LogP contribution is 2.34. The van der Waals surface area contributed by atoms with Crippen molar-refractivity contribution in [2.24, 2.45) is 0 Å². The van der Waals surface area contributed by atoms with Crippen LogP contribution in [0.25, 0.3) is 16.9 Å². The lowest BCUT2D eigenvalue weighted by Crippen LogP contribution is -2.38. The van der Waals surface area contributed by atoms with Gasteiger partial charge in [0.2, 0.25) is 0 Å². The zero-order chi connectivity index (χ0) is 20.6. The first-order valence-corrected chi connectivity index (χ1v) is 9.04. The Morgan fingerprint density at radius 2 is 1.83 bits per heavy atom. The lowest BCUT2D eigenvalue weighted by Gasteiger charge is -2.26. The summed E-state index contributed by atoms with van der Waals surface area (Å²) >= 11 is 0. The second-order valence-corrected chi connectivity index (χ2v) is 6.90. The van der Waals surface area contributed by atoms with Crippen molar-refractivity contribution in [3.05, 3.63) is 42.1 Å². The topological polar surface area (TPSA) is 106 Å². The highest BCUT2D eigenvalue weighted by atomic mass is 19.4. The van der Waals surface area contributed by atoms with E-state index in [1.165, 1.54) is 30.9 Å². The van der Waals surface area contributed by atoms with E-state index < -0.39 is 11.9 Å². The van der Waals surface area contributed by atoms with Crippen LogP contribution in [-0.4, -0.2) is 47.9 Å². The molecule has 3 heterocycles. The summed E-state index contributed by atoms with van der Waals surface area (Å²) in [5.74, 6) is -0.475. The molecule has 1 saturated carbocycles. The number of nitrogens with one attached hydrogen (secondary N) is 1. The smallest absolute Gasteiger partial charge is 0.393 e. The lowest BCUT2D eigenvalue weighted by atomic mass is 9.93. The molecule has 1 fully saturated rings. The molecule has 0 aromatic carbocycles. The van der Waals surface area contributed by atoms with Gasteiger partial charge < -0.3 is 10.4 Å². The molecule has 1 amide bonds. The van der Waals surface area contributed by atoms with Gasteiger partial charge in [0.15, 0.2) is 5.69 Å². The molecule has 0 atom stereocenters. The fourth-order valence-electron chi connectivity index (χ4n) is 3.36. The third kappa shape index (κ3) is 3.90. The molecule has 4 rings (SSSR count). The van der Waals surface area contributed by atoms with Crippen molar-refractivity contribution < 1.29 is 23.1 Å². The number of amides is 1. The Bertz CT molecular complexity index is 1030. The lowest BCUT2D eigenvalue weighted by molar-refractivity contribution is -0.140. The molecule has 0 saturated heterocycles. The Morgan fingerprint density at radius 3 is 2.48 bits per heavy atom. The molecule has 0 unspecified atom stereocenters. The fourth-order valence-corrected chi connectivity index (χ4v) is 3.36. The number of carbonyl (C=O) groups is 1. The standard InChI is InChI=1S/C18H17F3N6O2/c19-18(20,21)15-13-5-6-22-9-14(13)27(26-15)17-23-7-10(8-24-17)16(29)25-11-1-3-12(28)4-2-11/h5-9,11-12,28H,1-4H2,(H,25,29). The summed E-state index contributed by atoms with van der Waals surface area (Å²) in [5, 5.41) is 15.9. The quantitative estimate of drug-likeness (QED) is 0.691. The SMILES string of the molecule is O=C(NC1CCC(O)CC1)c1cnc(-n2nc(C(F)(F)F)c3ccncc32)nc1. The van der Waals surface area contributed by atoms with Crippen LogP contribution < -0.4 is 5.32 Å². The number of aromatic nitrogens is 5. The van der Waals surface area contributed by atoms with Crippen LogP contribution >= 0.6 is 0 Å². The van der Waals surface area contributed by atoms with Crippen LogP contribution in [0.2, 0.25) is 0 Å². The molecule has 0 bridgehead atoms. The molecule has 3 aromatic rings. The van der Waals surface area contributed by atoms with Gasteiger partial charge in [0.1, 0.15) is 0 Å². The number of halogens is 3. The Hall–Kier alpha value is -3.08. The molecule has 29 heavy (non-hydrogen) atoms. The Morgan fingerprint density at radius 1 is 1.14 bits per heavy atom. The van der Waals surface area contributed by atoms with Gasteiger partial charge in [-0.2, -0.15) is 23.0 Å². The molecule has 0 spiro atoms. The minimum atomic E-state index is -4.64. The normalized spacial score (nSPS) is 20.0. The Kier molecular flexibility index (Phi) is 4.91. The summed E-state index contributed by atoms with van der Waals surface area (Å²) in [6.07, 6.45) is 2.63. The van der Waals surface area contributed by atoms with E-state index in [-0.39, 0.29) is 40.5 Å². The van der Waals surface area contributed by atoms with Crippen LogP contribution in [0.5, 0.6) is 0 Å². The van der Waals surface area contributed by atoms with E-state index >= 15 is 0 Å². The van der Waals surface area contributed by atoms with Crippen molar-refractivity contribution in [3.8, 4) is 5.95 Å². The average Bonchev–Trinajstić information content (AvgIpc) is 3.10. The van der Waals surface area contributed by atoms with E-state index in [9.17, 15) is 23.1 Å². The number of nitrogens with zero attached hydrogens (tertiary/aromatic N) is 5. The second kappa shape index (κ2) is 7.39. The highest BCUT2D eigenvalue weighted by Gasteiger charge is 2.37. The summed E-state index contributed by atoms with van der Waals surface area (Å²) in [5.41, 5.74) is -0.761. The number of aliphatic hydroxyl groups excluding tert-OH is 1. The van der Waals surface area contributed by atoms with Gasteiger partial charge >= 0.3 is 6.18 Å². The van der Waals surface area contributed by atoms with E-state index in [0.29, 0.717) is 25.7 Å². The van der Waals surface area contributed by atoms with Gasteiger partial charge in [-0.15, -0.1) is 0 Å². The van der Waals surface area contributed by atoms with Crippen molar-refractivity contribution in [2.45, 2.75) is 44.0 Å². The zero-order valence-electron chi connectivity index (χ0n) is 15.1. The zero-order valence-corrected chi connectivity index (χ0v) is 15.1. The first-order chi connectivity index (χ1) is 13.8. The number of carbonyl (C=O) groups excluding carboxylic acids is 1. The van der Waals surface area contributed by atoms with Crippen LogP contribution in [0.4, 0.5) is 13.2 Å². The van der Waals surface area contributed by atoms with E-state index in [1.807, 2.05) is 0 Å². The molecule has 8 nitrogen and oxygen atoms in total. The average molecular weight is 406 g/mol. The van der Waals surface area contributed by atoms with E-state index in [1.54, 1.807) is 0 Å². The number of pyridine rings is 1. The maximum Gasteiger partial charge on any atom is 0.435 e. The maximum atomic E-state index is 13.3. The van der Waals surface area contributed by atoms with Crippen LogP contribution in [-0.2, 0) is 6.18 Å². The Balaban J connectivity index is 1.58. The number of alkyl halides is 3. The first-order valence-electron chi connectivity index (χ1n) is 9.04. The molecule has 3 aromatic heterocycles. The molecule has 1 aliphatic rings. The van der Waals surface area contributed by atoms with Gasteiger partial charge in [0.25, 0.3) is 11.9 Å². The maximum absolute atomic E-state index is 13.3. The molecular formula is C18H17F3N6O2. The number of hydrogen-bond acceptors (Lipinski definition) is 6. The second-order valence-electron chi connectivity index (χ2n) is 6.90. The van der Waals surface area contributed by atoms with Gasteiger partial charge in [-0.05, 0) is 31.7 Å². The summed E-state index contributed by atoms with van der Waals surface area (Å²) < 4.78 is 40.7. The molecular weight excluding hydrogens is 389 g/mol. The minimum absolute atomic E-state index is 0.0407. The van der Waals surface area contributed by atoms with Crippen LogP contribution in [0.15, 0.2) is 30.9 Å². The van der Waals surface area contributed by atoms with E-state index in [4.69, 9.17) is 0 Å². The fraction of sp³-hybridized carbons (Fsp3) is 0.389. The first kappa shape index (κ1) is 19.2. The molecule has 152 valence electrons. The third-order valence-electron chi connectivity index (χ3n) is 4.87. The largest absolute Gasteiger partial charge is 0.435 e. The van der Waals surface area contributed by atoms with Gasteiger partial charge in [0, 0.05) is 30.0 Å². The predicted molar refractivity (Wildman–Crippen MR) is 95.2 cm³/mol. The number of hydrogen-bond donors (Lipinski definition) is 2. The highest BCUT2D eigenvalue weighted by molar-refractivity contribution is 5.93. The number of aliphatic hydroxyl groups is 1. The van der Waals surface area contributed by atoms with Gasteiger partial charge in [-0.3, -0.25) is 9.78 Å². The Labute approximate surface area is 162 Å². The summed E-state index contributed by atoms with van der Waals surface area (Å²) in [6, 6.07) is 1.19. The number of rotatable bonds is 3. The van der Waals surface area contributed by atoms with Crippen LogP contribution in [0.1, 0.15) is 41.7 Å². The summed E-state index contributed by atoms with van der Waals surface area (Å²) in [7, 11) is 0. The molecule has 2 N–H and O–H groups in total. The third-order valence-corrected chi connectivity index (χ3v) is 4.87. The summed E-state index contributed by atoms with van der Waals surface area (Å²) in [4.78, 5) is 24.2. The molecule has 0 aliphatic heterocycles. The molecule has 1 aliphatic carbocycles. The van der Waals surface area contributed by atoms with Crippen molar-refractivity contribution >= 4 is 16.8 Å². The van der Waals surface area contributed by atoms with Gasteiger partial charge in [-0.25, -0.2) is 9.97 Å². The predicted octanol–water partition coefficient (Wildman–Crippen LogP) is 2.26. The van der Waals surface area contributed by atoms with E-state index in [0.717, 1.165) is 4.68 Å². The monoisotopic (exact) mass is 406 g/mol. The minimum Gasteiger partial charge on any atom is -0.393 e. The molecule has 11 heteroatoms.